The molecule has 0 aromatic heterocycles. The van der Waals surface area contributed by atoms with Crippen molar-refractivity contribution in [2.45, 2.75) is 32.7 Å². The third-order valence-electron chi connectivity index (χ3n) is 2.60. The van der Waals surface area contributed by atoms with Gasteiger partial charge in [-0.15, -0.1) is 0 Å². The van der Waals surface area contributed by atoms with E-state index in [-0.39, 0.29) is 5.91 Å². The molecule has 1 fully saturated rings. The predicted molar refractivity (Wildman–Crippen MR) is 61.0 cm³/mol. The maximum absolute atomic E-state index is 11.9. The molecule has 7 heteroatoms. The van der Waals surface area contributed by atoms with Gasteiger partial charge < -0.3 is 5.32 Å². The zero-order valence-electron chi connectivity index (χ0n) is 9.91. The van der Waals surface area contributed by atoms with Gasteiger partial charge in [0, 0.05) is 19.6 Å². The lowest BCUT2D eigenvalue weighted by atomic mass is 10.0. The normalized spacial score (nSPS) is 21.8. The third-order valence-corrected chi connectivity index (χ3v) is 4.39. The van der Waals surface area contributed by atoms with Crippen molar-refractivity contribution >= 4 is 16.1 Å². The maximum Gasteiger partial charge on any atom is 0.280 e. The van der Waals surface area contributed by atoms with E-state index >= 15 is 0 Å². The van der Waals surface area contributed by atoms with E-state index in [1.54, 1.807) is 13.8 Å². The largest absolute Gasteiger partial charge is 0.353 e. The van der Waals surface area contributed by atoms with Crippen LogP contribution in [0.5, 0.6) is 0 Å². The molecule has 0 aromatic rings. The Bertz CT molecular complexity index is 364. The van der Waals surface area contributed by atoms with Gasteiger partial charge in [0.05, 0.1) is 0 Å². The van der Waals surface area contributed by atoms with Crippen LogP contribution >= 0.6 is 0 Å². The van der Waals surface area contributed by atoms with Crippen molar-refractivity contribution in [1.29, 1.82) is 0 Å². The number of carbonyl (C=O) groups is 1. The summed E-state index contributed by atoms with van der Waals surface area (Å²) in [6.07, 6.45) is 0.722. The molecule has 1 aliphatic rings. The Hall–Kier alpha value is -0.660. The van der Waals surface area contributed by atoms with E-state index in [9.17, 15) is 13.2 Å². The van der Waals surface area contributed by atoms with Crippen molar-refractivity contribution < 1.29 is 13.2 Å². The van der Waals surface area contributed by atoms with Gasteiger partial charge in [-0.25, -0.2) is 4.72 Å². The number of piperazine rings is 1. The van der Waals surface area contributed by atoms with Crippen LogP contribution in [0.1, 0.15) is 27.2 Å². The first-order valence-corrected chi connectivity index (χ1v) is 6.82. The fourth-order valence-electron chi connectivity index (χ4n) is 1.61. The zero-order valence-corrected chi connectivity index (χ0v) is 10.7. The lowest BCUT2D eigenvalue weighted by Crippen LogP contribution is -2.65. The Labute approximate surface area is 96.6 Å². The van der Waals surface area contributed by atoms with Crippen LogP contribution in [0.25, 0.3) is 0 Å². The molecule has 94 valence electrons. The van der Waals surface area contributed by atoms with Gasteiger partial charge in [-0.05, 0) is 20.3 Å². The topological polar surface area (TPSA) is 78.5 Å². The molecule has 1 saturated heterocycles. The van der Waals surface area contributed by atoms with E-state index in [2.05, 4.69) is 10.0 Å². The summed E-state index contributed by atoms with van der Waals surface area (Å²) in [5.74, 6) is -0.263. The smallest absolute Gasteiger partial charge is 0.280 e. The second-order valence-electron chi connectivity index (χ2n) is 4.29. The summed E-state index contributed by atoms with van der Waals surface area (Å²) in [4.78, 5) is 11.6. The summed E-state index contributed by atoms with van der Waals surface area (Å²) < 4.78 is 27.6. The minimum Gasteiger partial charge on any atom is -0.353 e. The predicted octanol–water partition coefficient (Wildman–Crippen LogP) is -0.559. The van der Waals surface area contributed by atoms with E-state index in [1.165, 1.54) is 4.31 Å². The number of amides is 1. The number of nitrogens with one attached hydrogen (secondary N) is 2. The van der Waals surface area contributed by atoms with Crippen LogP contribution in [-0.4, -0.2) is 43.8 Å². The van der Waals surface area contributed by atoms with Crippen LogP contribution in [0.2, 0.25) is 0 Å². The summed E-state index contributed by atoms with van der Waals surface area (Å²) in [5, 5.41) is 2.66. The Morgan fingerprint density at radius 3 is 2.69 bits per heavy atom. The second-order valence-corrected chi connectivity index (χ2v) is 5.97. The molecule has 1 amide bonds. The molecular weight excluding hydrogens is 230 g/mol. The molecule has 2 N–H and O–H groups in total. The summed E-state index contributed by atoms with van der Waals surface area (Å²) in [7, 11) is -3.56. The van der Waals surface area contributed by atoms with Gasteiger partial charge in [0.1, 0.15) is 5.54 Å². The van der Waals surface area contributed by atoms with Crippen LogP contribution in [0.4, 0.5) is 0 Å². The Kier molecular flexibility index (Phi) is 3.92. The average Bonchev–Trinajstić information content (AvgIpc) is 2.19. The average molecular weight is 249 g/mol. The summed E-state index contributed by atoms with van der Waals surface area (Å²) in [6, 6.07) is 0. The van der Waals surface area contributed by atoms with Crippen LogP contribution < -0.4 is 10.0 Å². The molecule has 1 aliphatic heterocycles. The number of rotatable bonds is 4. The van der Waals surface area contributed by atoms with E-state index < -0.39 is 15.7 Å². The van der Waals surface area contributed by atoms with Crippen molar-refractivity contribution in [2.24, 2.45) is 0 Å². The van der Waals surface area contributed by atoms with Gasteiger partial charge in [0.25, 0.3) is 10.2 Å². The highest BCUT2D eigenvalue weighted by Crippen LogP contribution is 2.20. The first-order valence-electron chi connectivity index (χ1n) is 5.38. The fourth-order valence-corrected chi connectivity index (χ4v) is 3.24. The molecular formula is C9H19N3O3S. The van der Waals surface area contributed by atoms with E-state index in [0.717, 1.165) is 6.42 Å². The third kappa shape index (κ3) is 2.53. The van der Waals surface area contributed by atoms with E-state index in [1.807, 2.05) is 6.92 Å². The van der Waals surface area contributed by atoms with Gasteiger partial charge in [0.15, 0.2) is 0 Å². The van der Waals surface area contributed by atoms with Crippen molar-refractivity contribution in [3.63, 3.8) is 0 Å². The SMILES string of the molecule is CCCNS(=O)(=O)N1CCNC(=O)C1(C)C. The Morgan fingerprint density at radius 1 is 1.50 bits per heavy atom. The van der Waals surface area contributed by atoms with Crippen LogP contribution in [0.15, 0.2) is 0 Å². The number of carbonyl (C=O) groups excluding carboxylic acids is 1. The van der Waals surface area contributed by atoms with Crippen LogP contribution in [0, 0.1) is 0 Å². The van der Waals surface area contributed by atoms with Crippen molar-refractivity contribution in [3.8, 4) is 0 Å². The van der Waals surface area contributed by atoms with Crippen molar-refractivity contribution in [2.75, 3.05) is 19.6 Å². The minimum absolute atomic E-state index is 0.263. The molecule has 1 heterocycles. The molecule has 0 spiro atoms. The molecule has 0 aliphatic carbocycles. The number of hydrogen-bond donors (Lipinski definition) is 2. The van der Waals surface area contributed by atoms with E-state index in [0.29, 0.717) is 19.6 Å². The Morgan fingerprint density at radius 2 is 2.12 bits per heavy atom. The number of nitrogens with zero attached hydrogens (tertiary/aromatic N) is 1. The molecule has 0 aromatic carbocycles. The van der Waals surface area contributed by atoms with Crippen LogP contribution in [0.3, 0.4) is 0 Å². The summed E-state index contributed by atoms with van der Waals surface area (Å²) in [6.45, 7) is 6.14. The molecule has 1 rings (SSSR count). The lowest BCUT2D eigenvalue weighted by molar-refractivity contribution is -0.131. The van der Waals surface area contributed by atoms with Gasteiger partial charge >= 0.3 is 0 Å². The molecule has 0 atom stereocenters. The highest BCUT2D eigenvalue weighted by atomic mass is 32.2. The van der Waals surface area contributed by atoms with Gasteiger partial charge in [-0.1, -0.05) is 6.92 Å². The second kappa shape index (κ2) is 4.68. The summed E-state index contributed by atoms with van der Waals surface area (Å²) >= 11 is 0. The molecule has 0 bridgehead atoms. The lowest BCUT2D eigenvalue weighted by Gasteiger charge is -2.39. The standard InChI is InChI=1S/C9H19N3O3S/c1-4-5-11-16(14,15)12-7-6-10-8(13)9(12,2)3/h11H,4-7H2,1-3H3,(H,10,13). The highest BCUT2D eigenvalue weighted by Gasteiger charge is 2.44. The molecule has 6 nitrogen and oxygen atoms in total. The Balaban J connectivity index is 2.89. The molecule has 16 heavy (non-hydrogen) atoms. The molecule has 0 radical (unpaired) electrons. The first-order chi connectivity index (χ1) is 7.32. The zero-order chi connectivity index (χ0) is 12.4. The van der Waals surface area contributed by atoms with Crippen molar-refractivity contribution in [3.05, 3.63) is 0 Å². The van der Waals surface area contributed by atoms with Crippen molar-refractivity contribution in [1.82, 2.24) is 14.3 Å². The van der Waals surface area contributed by atoms with E-state index in [4.69, 9.17) is 0 Å². The van der Waals surface area contributed by atoms with Gasteiger partial charge in [0.2, 0.25) is 5.91 Å². The molecule has 0 unspecified atom stereocenters. The first kappa shape index (κ1) is 13.4. The summed E-state index contributed by atoms with van der Waals surface area (Å²) in [5.41, 5.74) is -1.03. The fraction of sp³-hybridized carbons (Fsp3) is 0.889. The van der Waals surface area contributed by atoms with Gasteiger partial charge in [-0.2, -0.15) is 12.7 Å². The highest BCUT2D eigenvalue weighted by molar-refractivity contribution is 7.87. The number of hydrogen-bond acceptors (Lipinski definition) is 3. The minimum atomic E-state index is -3.56. The maximum atomic E-state index is 11.9. The molecule has 0 saturated carbocycles. The van der Waals surface area contributed by atoms with Gasteiger partial charge in [-0.3, -0.25) is 4.79 Å². The van der Waals surface area contributed by atoms with Crippen LogP contribution in [-0.2, 0) is 15.0 Å². The monoisotopic (exact) mass is 249 g/mol. The quantitative estimate of drug-likeness (QED) is 0.701.